The summed E-state index contributed by atoms with van der Waals surface area (Å²) in [7, 11) is 1.39. The molecule has 1 aromatic heterocycles. The molecule has 0 fully saturated rings. The van der Waals surface area contributed by atoms with E-state index in [-0.39, 0.29) is 11.9 Å². The highest BCUT2D eigenvalue weighted by atomic mass is 16.5. The van der Waals surface area contributed by atoms with Crippen molar-refractivity contribution < 1.29 is 9.53 Å². The molecule has 0 radical (unpaired) electrons. The van der Waals surface area contributed by atoms with Gasteiger partial charge < -0.3 is 15.4 Å². The van der Waals surface area contributed by atoms with Gasteiger partial charge in [-0.2, -0.15) is 0 Å². The molecule has 0 saturated heterocycles. The number of carbonyl (C=O) groups excluding carboxylic acids is 1. The van der Waals surface area contributed by atoms with Crippen molar-refractivity contribution in [1.82, 2.24) is 9.97 Å². The summed E-state index contributed by atoms with van der Waals surface area (Å²) in [6, 6.07) is 1.38. The Bertz CT molecular complexity index is 449. The summed E-state index contributed by atoms with van der Waals surface area (Å²) in [5.41, 5.74) is 0. The second-order valence-electron chi connectivity index (χ2n) is 4.83. The van der Waals surface area contributed by atoms with Crippen LogP contribution >= 0.6 is 0 Å². The number of methoxy groups -OCH3 is 1. The Kier molecular flexibility index (Phi) is 6.21. The van der Waals surface area contributed by atoms with Gasteiger partial charge in [0.15, 0.2) is 0 Å². The van der Waals surface area contributed by atoms with E-state index in [2.05, 4.69) is 20.6 Å². The van der Waals surface area contributed by atoms with Crippen molar-refractivity contribution in [2.75, 3.05) is 24.3 Å². The minimum atomic E-state index is -0.422. The fourth-order valence-corrected chi connectivity index (χ4v) is 1.78. The molecule has 1 atom stereocenters. The third-order valence-corrected chi connectivity index (χ3v) is 2.87. The first-order valence-electron chi connectivity index (χ1n) is 6.97. The summed E-state index contributed by atoms with van der Waals surface area (Å²) < 4.78 is 4.82. The molecule has 0 aromatic carbocycles. The fourth-order valence-electron chi connectivity index (χ4n) is 1.78. The Morgan fingerprint density at radius 1 is 1.30 bits per heavy atom. The molecule has 1 rings (SSSR count). The predicted octanol–water partition coefficient (Wildman–Crippen LogP) is 2.08. The van der Waals surface area contributed by atoms with Gasteiger partial charge in [-0.25, -0.2) is 14.8 Å². The number of anilines is 2. The van der Waals surface area contributed by atoms with Crippen LogP contribution in [0.25, 0.3) is 0 Å². The topological polar surface area (TPSA) is 76.1 Å². The molecule has 0 aliphatic rings. The van der Waals surface area contributed by atoms with Crippen molar-refractivity contribution in [3.05, 3.63) is 11.9 Å². The molecule has 112 valence electrons. The Labute approximate surface area is 120 Å². The van der Waals surface area contributed by atoms with Gasteiger partial charge in [0, 0.05) is 19.0 Å². The van der Waals surface area contributed by atoms with Crippen molar-refractivity contribution in [3.8, 4) is 0 Å². The summed E-state index contributed by atoms with van der Waals surface area (Å²) in [4.78, 5) is 20.6. The zero-order valence-electron chi connectivity index (χ0n) is 12.9. The van der Waals surface area contributed by atoms with Crippen molar-refractivity contribution in [1.29, 1.82) is 0 Å². The number of hydrogen-bond donors (Lipinski definition) is 2. The van der Waals surface area contributed by atoms with Crippen molar-refractivity contribution >= 4 is 17.6 Å². The van der Waals surface area contributed by atoms with Gasteiger partial charge in [0.2, 0.25) is 0 Å². The molecule has 1 aromatic rings. The minimum absolute atomic E-state index is 0.102. The number of esters is 1. The van der Waals surface area contributed by atoms with Gasteiger partial charge in [-0.1, -0.05) is 20.8 Å². The quantitative estimate of drug-likeness (QED) is 0.745. The van der Waals surface area contributed by atoms with Crippen molar-refractivity contribution in [3.63, 3.8) is 0 Å². The highest BCUT2D eigenvalue weighted by Crippen LogP contribution is 2.16. The maximum Gasteiger partial charge on any atom is 0.328 e. The molecule has 0 spiro atoms. The SMILES string of the molecule is CCNc1cc(NC(C(=O)OC)C(C)C)nc(CC)n1. The smallest absolute Gasteiger partial charge is 0.328 e. The third-order valence-electron chi connectivity index (χ3n) is 2.87. The molecule has 20 heavy (non-hydrogen) atoms. The maximum absolute atomic E-state index is 11.8. The third kappa shape index (κ3) is 4.36. The molecule has 2 N–H and O–H groups in total. The maximum atomic E-state index is 11.8. The fraction of sp³-hybridized carbons (Fsp3) is 0.643. The number of aromatic nitrogens is 2. The van der Waals surface area contributed by atoms with Gasteiger partial charge in [-0.3, -0.25) is 0 Å². The summed E-state index contributed by atoms with van der Waals surface area (Å²) in [5.74, 6) is 1.94. The molecule has 6 nitrogen and oxygen atoms in total. The number of nitrogens with zero attached hydrogens (tertiary/aromatic N) is 2. The molecule has 1 heterocycles. The first kappa shape index (κ1) is 16.2. The van der Waals surface area contributed by atoms with Crippen molar-refractivity contribution in [2.45, 2.75) is 40.2 Å². The summed E-state index contributed by atoms with van der Waals surface area (Å²) in [5, 5.41) is 6.30. The van der Waals surface area contributed by atoms with Gasteiger partial charge in [0.25, 0.3) is 0 Å². The van der Waals surface area contributed by atoms with Crippen LogP contribution in [0.3, 0.4) is 0 Å². The lowest BCUT2D eigenvalue weighted by atomic mass is 10.0. The van der Waals surface area contributed by atoms with Crippen LogP contribution in [0.1, 0.15) is 33.5 Å². The van der Waals surface area contributed by atoms with Gasteiger partial charge in [-0.15, -0.1) is 0 Å². The van der Waals surface area contributed by atoms with Crippen LogP contribution in [0.5, 0.6) is 0 Å². The Hall–Kier alpha value is -1.85. The summed E-state index contributed by atoms with van der Waals surface area (Å²) in [6.45, 7) is 8.70. The van der Waals surface area contributed by atoms with E-state index in [1.807, 2.05) is 27.7 Å². The van der Waals surface area contributed by atoms with E-state index >= 15 is 0 Å². The first-order valence-corrected chi connectivity index (χ1v) is 6.97. The Morgan fingerprint density at radius 2 is 1.95 bits per heavy atom. The molecule has 0 amide bonds. The lowest BCUT2D eigenvalue weighted by Crippen LogP contribution is -2.35. The zero-order valence-corrected chi connectivity index (χ0v) is 12.9. The second-order valence-corrected chi connectivity index (χ2v) is 4.83. The van der Waals surface area contributed by atoms with Gasteiger partial charge >= 0.3 is 5.97 Å². The molecule has 0 saturated carbocycles. The number of rotatable bonds is 7. The van der Waals surface area contributed by atoms with Crippen LogP contribution in [0, 0.1) is 5.92 Å². The zero-order chi connectivity index (χ0) is 15.1. The minimum Gasteiger partial charge on any atom is -0.467 e. The Morgan fingerprint density at radius 3 is 2.45 bits per heavy atom. The number of nitrogens with one attached hydrogen (secondary N) is 2. The van der Waals surface area contributed by atoms with Gasteiger partial charge in [-0.05, 0) is 12.8 Å². The predicted molar refractivity (Wildman–Crippen MR) is 79.8 cm³/mol. The van der Waals surface area contributed by atoms with E-state index in [9.17, 15) is 4.79 Å². The molecular weight excluding hydrogens is 256 g/mol. The summed E-state index contributed by atoms with van der Waals surface area (Å²) >= 11 is 0. The van der Waals surface area contributed by atoms with E-state index < -0.39 is 6.04 Å². The number of carbonyl (C=O) groups is 1. The normalized spacial score (nSPS) is 12.1. The van der Waals surface area contributed by atoms with Gasteiger partial charge in [0.05, 0.1) is 7.11 Å². The average Bonchev–Trinajstić information content (AvgIpc) is 2.43. The monoisotopic (exact) mass is 280 g/mol. The highest BCUT2D eigenvalue weighted by Gasteiger charge is 2.23. The largest absolute Gasteiger partial charge is 0.467 e. The van der Waals surface area contributed by atoms with E-state index in [0.717, 1.165) is 24.6 Å². The van der Waals surface area contributed by atoms with E-state index in [1.54, 1.807) is 6.07 Å². The van der Waals surface area contributed by atoms with Crippen LogP contribution in [-0.2, 0) is 16.0 Å². The number of ether oxygens (including phenoxy) is 1. The van der Waals surface area contributed by atoms with Crippen molar-refractivity contribution in [2.24, 2.45) is 5.92 Å². The lowest BCUT2D eigenvalue weighted by Gasteiger charge is -2.21. The highest BCUT2D eigenvalue weighted by molar-refractivity contribution is 5.79. The molecule has 0 aliphatic carbocycles. The van der Waals surface area contributed by atoms with Crippen LogP contribution in [0.15, 0.2) is 6.07 Å². The molecule has 0 bridgehead atoms. The van der Waals surface area contributed by atoms with Gasteiger partial charge in [0.1, 0.15) is 23.5 Å². The van der Waals surface area contributed by atoms with Crippen LogP contribution in [0.4, 0.5) is 11.6 Å². The molecule has 1 unspecified atom stereocenters. The molecular formula is C14H24N4O2. The first-order chi connectivity index (χ1) is 9.51. The van der Waals surface area contributed by atoms with E-state index in [1.165, 1.54) is 7.11 Å². The van der Waals surface area contributed by atoms with Crippen LogP contribution in [-0.4, -0.2) is 35.6 Å². The number of hydrogen-bond acceptors (Lipinski definition) is 6. The molecule has 0 aliphatic heterocycles. The van der Waals surface area contributed by atoms with E-state index in [4.69, 9.17) is 4.74 Å². The number of aryl methyl sites for hydroxylation is 1. The second kappa shape index (κ2) is 7.67. The Balaban J connectivity index is 2.99. The summed E-state index contributed by atoms with van der Waals surface area (Å²) in [6.07, 6.45) is 0.735. The average molecular weight is 280 g/mol. The molecule has 6 heteroatoms. The van der Waals surface area contributed by atoms with E-state index in [0.29, 0.717) is 5.82 Å². The van der Waals surface area contributed by atoms with Crippen LogP contribution < -0.4 is 10.6 Å². The standard InChI is InChI=1S/C14H24N4O2/c1-6-10-16-11(15-7-2)8-12(17-10)18-13(9(3)4)14(19)20-5/h8-9,13H,6-7H2,1-5H3,(H2,15,16,17,18). The lowest BCUT2D eigenvalue weighted by molar-refractivity contribution is -0.142. The van der Waals surface area contributed by atoms with Crippen LogP contribution in [0.2, 0.25) is 0 Å².